The first-order chi connectivity index (χ1) is 9.65. The SMILES string of the molecule is CCCCCCCCOCc1ccc(C(=O)O)cc1Br. The molecule has 0 aliphatic carbocycles. The molecule has 4 heteroatoms. The zero-order valence-corrected chi connectivity index (χ0v) is 13.6. The number of rotatable bonds is 10. The first-order valence-corrected chi connectivity index (χ1v) is 8.04. The van der Waals surface area contributed by atoms with Gasteiger partial charge >= 0.3 is 5.97 Å². The van der Waals surface area contributed by atoms with Crippen molar-refractivity contribution in [2.24, 2.45) is 0 Å². The van der Waals surface area contributed by atoms with Gasteiger partial charge in [0, 0.05) is 11.1 Å². The lowest BCUT2D eigenvalue weighted by molar-refractivity contribution is 0.0696. The fourth-order valence-electron chi connectivity index (χ4n) is 1.96. The van der Waals surface area contributed by atoms with Crippen LogP contribution in [0.1, 0.15) is 61.4 Å². The molecule has 112 valence electrons. The molecule has 20 heavy (non-hydrogen) atoms. The van der Waals surface area contributed by atoms with E-state index in [1.165, 1.54) is 32.1 Å². The average Bonchev–Trinajstić information content (AvgIpc) is 2.43. The van der Waals surface area contributed by atoms with Gasteiger partial charge in [0.2, 0.25) is 0 Å². The minimum atomic E-state index is -0.912. The van der Waals surface area contributed by atoms with Gasteiger partial charge in [-0.15, -0.1) is 0 Å². The monoisotopic (exact) mass is 342 g/mol. The Kier molecular flexibility index (Phi) is 8.54. The molecule has 1 aromatic rings. The van der Waals surface area contributed by atoms with Gasteiger partial charge in [0.25, 0.3) is 0 Å². The molecule has 0 heterocycles. The van der Waals surface area contributed by atoms with Crippen molar-refractivity contribution in [2.75, 3.05) is 6.61 Å². The van der Waals surface area contributed by atoms with E-state index in [1.54, 1.807) is 18.2 Å². The fraction of sp³-hybridized carbons (Fsp3) is 0.562. The molecule has 0 unspecified atom stereocenters. The summed E-state index contributed by atoms with van der Waals surface area (Å²) in [4.78, 5) is 10.8. The molecule has 1 rings (SSSR count). The van der Waals surface area contributed by atoms with Crippen molar-refractivity contribution in [3.05, 3.63) is 33.8 Å². The number of ether oxygens (including phenoxy) is 1. The Labute approximate surface area is 129 Å². The topological polar surface area (TPSA) is 46.5 Å². The van der Waals surface area contributed by atoms with E-state index >= 15 is 0 Å². The van der Waals surface area contributed by atoms with Crippen LogP contribution in [0.3, 0.4) is 0 Å². The van der Waals surface area contributed by atoms with E-state index < -0.39 is 5.97 Å². The molecule has 0 saturated carbocycles. The van der Waals surface area contributed by atoms with Gasteiger partial charge in [-0.2, -0.15) is 0 Å². The van der Waals surface area contributed by atoms with E-state index in [-0.39, 0.29) is 5.56 Å². The lowest BCUT2D eigenvalue weighted by Crippen LogP contribution is -2.00. The molecule has 1 aromatic carbocycles. The number of hydrogen-bond donors (Lipinski definition) is 1. The van der Waals surface area contributed by atoms with Crippen LogP contribution in [-0.2, 0) is 11.3 Å². The molecular formula is C16H23BrO3. The number of halogens is 1. The quantitative estimate of drug-likeness (QED) is 0.607. The molecular weight excluding hydrogens is 320 g/mol. The predicted molar refractivity (Wildman–Crippen MR) is 84.1 cm³/mol. The van der Waals surface area contributed by atoms with Crippen molar-refractivity contribution in [1.29, 1.82) is 0 Å². The first-order valence-electron chi connectivity index (χ1n) is 7.24. The predicted octanol–water partition coefficient (Wildman–Crippen LogP) is 5.02. The third-order valence-corrected chi connectivity index (χ3v) is 3.94. The lowest BCUT2D eigenvalue weighted by Gasteiger charge is -2.07. The molecule has 0 fully saturated rings. The van der Waals surface area contributed by atoms with Gasteiger partial charge in [-0.3, -0.25) is 0 Å². The Balaban J connectivity index is 2.20. The molecule has 0 aliphatic heterocycles. The van der Waals surface area contributed by atoms with Gasteiger partial charge in [0.15, 0.2) is 0 Å². The highest BCUT2D eigenvalue weighted by Gasteiger charge is 2.06. The normalized spacial score (nSPS) is 10.7. The molecule has 0 spiro atoms. The summed E-state index contributed by atoms with van der Waals surface area (Å²) in [6, 6.07) is 5.02. The Morgan fingerprint density at radius 2 is 1.90 bits per heavy atom. The van der Waals surface area contributed by atoms with E-state index in [2.05, 4.69) is 22.9 Å². The molecule has 0 aromatic heterocycles. The summed E-state index contributed by atoms with van der Waals surface area (Å²) in [5.41, 5.74) is 1.28. The molecule has 1 N–H and O–H groups in total. The number of carbonyl (C=O) groups is 1. The van der Waals surface area contributed by atoms with Crippen LogP contribution in [0.25, 0.3) is 0 Å². The van der Waals surface area contributed by atoms with Gasteiger partial charge in [-0.1, -0.05) is 61.0 Å². The summed E-state index contributed by atoms with van der Waals surface area (Å²) in [6.07, 6.45) is 7.52. The van der Waals surface area contributed by atoms with Gasteiger partial charge in [0.05, 0.1) is 12.2 Å². The summed E-state index contributed by atoms with van der Waals surface area (Å²) in [5.74, 6) is -0.912. The number of aromatic carboxylic acids is 1. The molecule has 0 amide bonds. The molecule has 0 radical (unpaired) electrons. The second-order valence-corrected chi connectivity index (χ2v) is 5.79. The van der Waals surface area contributed by atoms with E-state index in [0.717, 1.165) is 23.1 Å². The largest absolute Gasteiger partial charge is 0.478 e. The van der Waals surface area contributed by atoms with Crippen LogP contribution in [0.4, 0.5) is 0 Å². The number of carboxylic acid groups (broad SMARTS) is 1. The van der Waals surface area contributed by atoms with Crippen LogP contribution in [0.15, 0.2) is 22.7 Å². The minimum absolute atomic E-state index is 0.288. The van der Waals surface area contributed by atoms with Crippen LogP contribution in [0, 0.1) is 0 Å². The van der Waals surface area contributed by atoms with Gasteiger partial charge < -0.3 is 9.84 Å². The molecule has 0 atom stereocenters. The van der Waals surface area contributed by atoms with Gasteiger partial charge in [0.1, 0.15) is 0 Å². The van der Waals surface area contributed by atoms with Crippen molar-refractivity contribution in [3.63, 3.8) is 0 Å². The summed E-state index contributed by atoms with van der Waals surface area (Å²) >= 11 is 3.38. The zero-order chi connectivity index (χ0) is 14.8. The maximum absolute atomic E-state index is 10.8. The maximum atomic E-state index is 10.8. The Morgan fingerprint density at radius 3 is 2.55 bits per heavy atom. The van der Waals surface area contributed by atoms with E-state index in [0.29, 0.717) is 6.61 Å². The van der Waals surface area contributed by atoms with Crippen LogP contribution < -0.4 is 0 Å². The third kappa shape index (κ3) is 6.53. The van der Waals surface area contributed by atoms with E-state index in [9.17, 15) is 4.79 Å². The standard InChI is InChI=1S/C16H23BrO3/c1-2-3-4-5-6-7-10-20-12-14-9-8-13(16(18)19)11-15(14)17/h8-9,11H,2-7,10,12H2,1H3,(H,18,19). The number of hydrogen-bond acceptors (Lipinski definition) is 2. The summed E-state index contributed by atoms with van der Waals surface area (Å²) in [6.45, 7) is 3.51. The second kappa shape index (κ2) is 9.94. The van der Waals surface area contributed by atoms with Gasteiger partial charge in [-0.25, -0.2) is 4.79 Å². The lowest BCUT2D eigenvalue weighted by atomic mass is 10.1. The van der Waals surface area contributed by atoms with Crippen molar-refractivity contribution >= 4 is 21.9 Å². The number of benzene rings is 1. The van der Waals surface area contributed by atoms with Crippen molar-refractivity contribution in [1.82, 2.24) is 0 Å². The van der Waals surface area contributed by atoms with Crippen LogP contribution in [0.2, 0.25) is 0 Å². The highest BCUT2D eigenvalue weighted by atomic mass is 79.9. The first kappa shape index (κ1) is 17.2. The smallest absolute Gasteiger partial charge is 0.335 e. The van der Waals surface area contributed by atoms with Crippen LogP contribution in [-0.4, -0.2) is 17.7 Å². The summed E-state index contributed by atoms with van der Waals surface area (Å²) in [5, 5.41) is 8.88. The van der Waals surface area contributed by atoms with Gasteiger partial charge in [-0.05, 0) is 24.1 Å². The zero-order valence-electron chi connectivity index (χ0n) is 12.0. The molecule has 3 nitrogen and oxygen atoms in total. The van der Waals surface area contributed by atoms with Crippen LogP contribution >= 0.6 is 15.9 Å². The molecule has 0 bridgehead atoms. The van der Waals surface area contributed by atoms with Crippen molar-refractivity contribution < 1.29 is 14.6 Å². The van der Waals surface area contributed by atoms with Crippen molar-refractivity contribution in [3.8, 4) is 0 Å². The van der Waals surface area contributed by atoms with E-state index in [4.69, 9.17) is 9.84 Å². The fourth-order valence-corrected chi connectivity index (χ4v) is 2.46. The molecule has 0 aliphatic rings. The van der Waals surface area contributed by atoms with Crippen molar-refractivity contribution in [2.45, 2.75) is 52.1 Å². The highest BCUT2D eigenvalue weighted by Crippen LogP contribution is 2.19. The Bertz CT molecular complexity index is 418. The van der Waals surface area contributed by atoms with Crippen LogP contribution in [0.5, 0.6) is 0 Å². The van der Waals surface area contributed by atoms with E-state index in [1.807, 2.05) is 0 Å². The third-order valence-electron chi connectivity index (χ3n) is 3.20. The molecule has 0 saturated heterocycles. The Morgan fingerprint density at radius 1 is 1.20 bits per heavy atom. The average molecular weight is 343 g/mol. The highest BCUT2D eigenvalue weighted by molar-refractivity contribution is 9.10. The maximum Gasteiger partial charge on any atom is 0.335 e. The summed E-state index contributed by atoms with van der Waals surface area (Å²) in [7, 11) is 0. The minimum Gasteiger partial charge on any atom is -0.478 e. The Hall–Kier alpha value is -0.870. The second-order valence-electron chi connectivity index (χ2n) is 4.93. The summed E-state index contributed by atoms with van der Waals surface area (Å²) < 4.78 is 6.42. The number of carboxylic acids is 1. The number of unbranched alkanes of at least 4 members (excludes halogenated alkanes) is 5.